The SMILES string of the molecule is COc1ccc(Br)cc1CN(C)C(=O)CCNS(=O)(=O)c1cccc(Cl)c1. The highest BCUT2D eigenvalue weighted by atomic mass is 79.9. The van der Waals surface area contributed by atoms with Crippen LogP contribution in [0.3, 0.4) is 0 Å². The van der Waals surface area contributed by atoms with Crippen LogP contribution in [-0.4, -0.2) is 39.9 Å². The van der Waals surface area contributed by atoms with Crippen LogP contribution in [0.4, 0.5) is 0 Å². The molecule has 1 amide bonds. The number of rotatable bonds is 8. The van der Waals surface area contributed by atoms with Crippen LogP contribution >= 0.6 is 27.5 Å². The van der Waals surface area contributed by atoms with Crippen LogP contribution in [0, 0.1) is 0 Å². The number of hydrogen-bond acceptors (Lipinski definition) is 4. The van der Waals surface area contributed by atoms with Gasteiger partial charge in [-0.25, -0.2) is 13.1 Å². The lowest BCUT2D eigenvalue weighted by molar-refractivity contribution is -0.130. The molecule has 0 bridgehead atoms. The summed E-state index contributed by atoms with van der Waals surface area (Å²) in [4.78, 5) is 13.9. The van der Waals surface area contributed by atoms with Crippen molar-refractivity contribution in [3.8, 4) is 5.75 Å². The Morgan fingerprint density at radius 2 is 2.00 bits per heavy atom. The summed E-state index contributed by atoms with van der Waals surface area (Å²) in [6, 6.07) is 11.5. The molecule has 2 aromatic rings. The lowest BCUT2D eigenvalue weighted by atomic mass is 10.2. The lowest BCUT2D eigenvalue weighted by Crippen LogP contribution is -2.32. The van der Waals surface area contributed by atoms with Gasteiger partial charge < -0.3 is 9.64 Å². The molecule has 0 radical (unpaired) electrons. The lowest BCUT2D eigenvalue weighted by Gasteiger charge is -2.19. The Kier molecular flexibility index (Phi) is 7.67. The number of nitrogens with one attached hydrogen (secondary N) is 1. The van der Waals surface area contributed by atoms with E-state index in [1.807, 2.05) is 18.2 Å². The first-order chi connectivity index (χ1) is 12.7. The average Bonchev–Trinajstić information content (AvgIpc) is 2.61. The third-order valence-electron chi connectivity index (χ3n) is 3.81. The van der Waals surface area contributed by atoms with E-state index in [2.05, 4.69) is 20.7 Å². The summed E-state index contributed by atoms with van der Waals surface area (Å²) < 4.78 is 33.1. The van der Waals surface area contributed by atoms with E-state index in [9.17, 15) is 13.2 Å². The van der Waals surface area contributed by atoms with Gasteiger partial charge in [-0.1, -0.05) is 33.6 Å². The zero-order valence-corrected chi connectivity index (χ0v) is 18.1. The van der Waals surface area contributed by atoms with E-state index in [-0.39, 0.29) is 23.8 Å². The Labute approximate surface area is 172 Å². The minimum atomic E-state index is -3.71. The molecule has 0 spiro atoms. The van der Waals surface area contributed by atoms with Crippen LogP contribution in [0.5, 0.6) is 5.75 Å². The fraction of sp³-hybridized carbons (Fsp3) is 0.278. The molecule has 146 valence electrons. The third kappa shape index (κ3) is 6.21. The summed E-state index contributed by atoms with van der Waals surface area (Å²) in [5, 5.41) is 0.330. The molecule has 0 saturated carbocycles. The van der Waals surface area contributed by atoms with E-state index in [0.717, 1.165) is 10.0 Å². The number of ether oxygens (including phenoxy) is 1. The second kappa shape index (κ2) is 9.54. The Morgan fingerprint density at radius 3 is 2.67 bits per heavy atom. The monoisotopic (exact) mass is 474 g/mol. The van der Waals surface area contributed by atoms with Gasteiger partial charge in [0.15, 0.2) is 0 Å². The largest absolute Gasteiger partial charge is 0.496 e. The number of benzene rings is 2. The number of carbonyl (C=O) groups is 1. The van der Waals surface area contributed by atoms with Crippen LogP contribution in [-0.2, 0) is 21.4 Å². The minimum absolute atomic E-state index is 0.00631. The Bertz CT molecular complexity index is 921. The molecule has 0 unspecified atom stereocenters. The molecule has 6 nitrogen and oxygen atoms in total. The first-order valence-corrected chi connectivity index (χ1v) is 10.7. The van der Waals surface area contributed by atoms with Crippen LogP contribution in [0.2, 0.25) is 5.02 Å². The van der Waals surface area contributed by atoms with Crippen molar-refractivity contribution in [1.82, 2.24) is 9.62 Å². The average molecular weight is 476 g/mol. The predicted octanol–water partition coefficient (Wildman–Crippen LogP) is 3.44. The van der Waals surface area contributed by atoms with Gasteiger partial charge >= 0.3 is 0 Å². The van der Waals surface area contributed by atoms with Gasteiger partial charge in [0.05, 0.1) is 12.0 Å². The standard InChI is InChI=1S/C18H20BrClN2O4S/c1-22(12-13-10-14(19)6-7-17(13)26-2)18(23)8-9-21-27(24,25)16-5-3-4-15(20)11-16/h3-7,10-11,21H,8-9,12H2,1-2H3. The molecule has 0 atom stereocenters. The first-order valence-electron chi connectivity index (χ1n) is 8.04. The number of halogens is 2. The van der Waals surface area contributed by atoms with Crippen LogP contribution in [0.1, 0.15) is 12.0 Å². The van der Waals surface area contributed by atoms with Gasteiger partial charge in [0.2, 0.25) is 15.9 Å². The van der Waals surface area contributed by atoms with Crippen molar-refractivity contribution < 1.29 is 17.9 Å². The molecular weight excluding hydrogens is 456 g/mol. The first kappa shape index (κ1) is 21.7. The molecule has 0 aliphatic carbocycles. The van der Waals surface area contributed by atoms with Gasteiger partial charge in [-0.3, -0.25) is 4.79 Å². The number of carbonyl (C=O) groups excluding carboxylic acids is 1. The molecule has 2 rings (SSSR count). The van der Waals surface area contributed by atoms with Crippen molar-refractivity contribution in [3.63, 3.8) is 0 Å². The maximum absolute atomic E-state index is 12.3. The Morgan fingerprint density at radius 1 is 1.26 bits per heavy atom. The summed E-state index contributed by atoms with van der Waals surface area (Å²) in [5.41, 5.74) is 0.849. The molecule has 0 saturated heterocycles. The molecule has 0 fully saturated rings. The van der Waals surface area contributed by atoms with Crippen molar-refractivity contribution in [3.05, 3.63) is 57.5 Å². The van der Waals surface area contributed by atoms with Crippen LogP contribution in [0.25, 0.3) is 0 Å². The highest BCUT2D eigenvalue weighted by molar-refractivity contribution is 9.10. The number of sulfonamides is 1. The van der Waals surface area contributed by atoms with Crippen molar-refractivity contribution in [2.24, 2.45) is 0 Å². The summed E-state index contributed by atoms with van der Waals surface area (Å²) in [6.45, 7) is 0.343. The van der Waals surface area contributed by atoms with Gasteiger partial charge in [0.25, 0.3) is 0 Å². The zero-order chi connectivity index (χ0) is 20.0. The van der Waals surface area contributed by atoms with Crippen LogP contribution < -0.4 is 9.46 Å². The van der Waals surface area contributed by atoms with E-state index in [0.29, 0.717) is 17.3 Å². The molecular formula is C18H20BrClN2O4S. The number of hydrogen-bond donors (Lipinski definition) is 1. The quantitative estimate of drug-likeness (QED) is 0.635. The topological polar surface area (TPSA) is 75.7 Å². The molecule has 27 heavy (non-hydrogen) atoms. The van der Waals surface area contributed by atoms with Crippen molar-refractivity contribution in [1.29, 1.82) is 0 Å². The van der Waals surface area contributed by atoms with E-state index in [4.69, 9.17) is 16.3 Å². The Balaban J connectivity index is 1.93. The normalized spacial score (nSPS) is 11.3. The molecule has 0 aliphatic heterocycles. The molecule has 0 aliphatic rings. The molecule has 0 aromatic heterocycles. The van der Waals surface area contributed by atoms with Crippen molar-refractivity contribution >= 4 is 43.5 Å². The van der Waals surface area contributed by atoms with E-state index in [1.54, 1.807) is 26.3 Å². The van der Waals surface area contributed by atoms with E-state index in [1.165, 1.54) is 17.0 Å². The summed E-state index contributed by atoms with van der Waals surface area (Å²) in [5.74, 6) is 0.491. The predicted molar refractivity (Wildman–Crippen MR) is 108 cm³/mol. The second-order valence-electron chi connectivity index (χ2n) is 5.81. The highest BCUT2D eigenvalue weighted by Gasteiger charge is 2.16. The van der Waals surface area contributed by atoms with Gasteiger partial charge in [0, 0.05) is 41.6 Å². The zero-order valence-electron chi connectivity index (χ0n) is 14.9. The summed E-state index contributed by atoms with van der Waals surface area (Å²) in [6.07, 6.45) is 0.0343. The van der Waals surface area contributed by atoms with Gasteiger partial charge in [0.1, 0.15) is 5.75 Å². The highest BCUT2D eigenvalue weighted by Crippen LogP contribution is 2.24. The van der Waals surface area contributed by atoms with Crippen molar-refractivity contribution in [2.45, 2.75) is 17.9 Å². The number of nitrogens with zero attached hydrogens (tertiary/aromatic N) is 1. The van der Waals surface area contributed by atoms with Gasteiger partial charge in [-0.15, -0.1) is 0 Å². The molecule has 2 aromatic carbocycles. The molecule has 1 N–H and O–H groups in total. The molecule has 9 heteroatoms. The van der Waals surface area contributed by atoms with E-state index >= 15 is 0 Å². The van der Waals surface area contributed by atoms with Gasteiger partial charge in [-0.05, 0) is 36.4 Å². The fourth-order valence-electron chi connectivity index (χ4n) is 2.42. The maximum Gasteiger partial charge on any atom is 0.240 e. The summed E-state index contributed by atoms with van der Waals surface area (Å²) in [7, 11) is -0.481. The fourth-order valence-corrected chi connectivity index (χ4v) is 4.16. The summed E-state index contributed by atoms with van der Waals surface area (Å²) >= 11 is 9.22. The third-order valence-corrected chi connectivity index (χ3v) is 6.00. The smallest absolute Gasteiger partial charge is 0.240 e. The van der Waals surface area contributed by atoms with Gasteiger partial charge in [-0.2, -0.15) is 0 Å². The second-order valence-corrected chi connectivity index (χ2v) is 8.93. The molecule has 0 heterocycles. The minimum Gasteiger partial charge on any atom is -0.496 e. The number of methoxy groups -OCH3 is 1. The Hall–Kier alpha value is -1.61. The number of amides is 1. The van der Waals surface area contributed by atoms with E-state index < -0.39 is 10.0 Å². The maximum atomic E-state index is 12.3. The van der Waals surface area contributed by atoms with Crippen molar-refractivity contribution in [2.75, 3.05) is 20.7 Å². The van der Waals surface area contributed by atoms with Crippen LogP contribution in [0.15, 0.2) is 51.8 Å².